The van der Waals surface area contributed by atoms with Crippen molar-refractivity contribution in [1.82, 2.24) is 0 Å². The summed E-state index contributed by atoms with van der Waals surface area (Å²) in [6.07, 6.45) is 2.60. The summed E-state index contributed by atoms with van der Waals surface area (Å²) in [6.45, 7) is 9.84. The van der Waals surface area contributed by atoms with E-state index in [1.165, 1.54) is 0 Å². The number of aliphatic hydroxyl groups is 6. The molecule has 0 aromatic carbocycles. The zero-order chi connectivity index (χ0) is 26.8. The number of aliphatic hydroxyl groups excluding tert-OH is 4. The van der Waals surface area contributed by atoms with Crippen molar-refractivity contribution in [2.75, 3.05) is 6.61 Å². The van der Waals surface area contributed by atoms with Gasteiger partial charge in [-0.25, -0.2) is 0 Å². The maximum atomic E-state index is 13.3. The average Bonchev–Trinajstić information content (AvgIpc) is 3.07. The Morgan fingerprint density at radius 1 is 1.11 bits per heavy atom. The van der Waals surface area contributed by atoms with E-state index in [4.69, 9.17) is 0 Å². The smallest absolute Gasteiger partial charge is 0.159 e. The fourth-order valence-electron chi connectivity index (χ4n) is 8.95. The van der Waals surface area contributed by atoms with Gasteiger partial charge in [-0.15, -0.1) is 0 Å². The minimum atomic E-state index is -1.44. The van der Waals surface area contributed by atoms with Crippen LogP contribution in [0.1, 0.15) is 86.0 Å². The van der Waals surface area contributed by atoms with Crippen LogP contribution in [0.4, 0.5) is 0 Å². The Balaban J connectivity index is 1.65. The van der Waals surface area contributed by atoms with E-state index in [9.17, 15) is 35.4 Å². The van der Waals surface area contributed by atoms with Gasteiger partial charge >= 0.3 is 0 Å². The van der Waals surface area contributed by atoms with Crippen molar-refractivity contribution < 1.29 is 35.4 Å². The minimum Gasteiger partial charge on any atom is -0.396 e. The standard InChI is InChI=1S/C29H48O7/c1-16(2)17(8-11-30)12-25(34)28(5,35)24-7-10-29(36)19-13-21(31)20-14-22(32)23(33)15-26(20,3)18(19)6-9-27(24,29)4/h13,16-18,20,22-25,30,32-36H,6-12,14-15H2,1-5H3/t17-,18?,20?,22+,23-,24-,25+,26+,27+,28-,29+/m0/s1. The van der Waals surface area contributed by atoms with Gasteiger partial charge in [0, 0.05) is 17.9 Å². The van der Waals surface area contributed by atoms with E-state index in [-0.39, 0.29) is 48.4 Å². The zero-order valence-electron chi connectivity index (χ0n) is 22.7. The third-order valence-electron chi connectivity index (χ3n) is 11.5. The fourth-order valence-corrected chi connectivity index (χ4v) is 8.95. The van der Waals surface area contributed by atoms with Crippen molar-refractivity contribution in [2.45, 2.75) is 115 Å². The van der Waals surface area contributed by atoms with Crippen LogP contribution in [0.25, 0.3) is 0 Å². The summed E-state index contributed by atoms with van der Waals surface area (Å²) in [5, 5.41) is 65.6. The van der Waals surface area contributed by atoms with Crippen molar-refractivity contribution in [3.8, 4) is 0 Å². The maximum Gasteiger partial charge on any atom is 0.159 e. The molecule has 6 N–H and O–H groups in total. The maximum absolute atomic E-state index is 13.3. The first kappa shape index (κ1) is 28.2. The van der Waals surface area contributed by atoms with E-state index in [0.717, 1.165) is 12.0 Å². The summed E-state index contributed by atoms with van der Waals surface area (Å²) < 4.78 is 0. The molecule has 0 aromatic rings. The van der Waals surface area contributed by atoms with Crippen LogP contribution in [0.2, 0.25) is 0 Å². The predicted octanol–water partition coefficient (Wildman–Crippen LogP) is 2.35. The number of ketones is 1. The number of rotatable bonds is 7. The third kappa shape index (κ3) is 4.04. The largest absolute Gasteiger partial charge is 0.396 e. The highest BCUT2D eigenvalue weighted by Crippen LogP contribution is 2.68. The molecule has 0 bridgehead atoms. The van der Waals surface area contributed by atoms with Crippen molar-refractivity contribution >= 4 is 5.78 Å². The number of carbonyl (C=O) groups is 1. The topological polar surface area (TPSA) is 138 Å². The summed E-state index contributed by atoms with van der Waals surface area (Å²) in [6, 6.07) is 0. The van der Waals surface area contributed by atoms with Crippen LogP contribution in [0.5, 0.6) is 0 Å². The molecule has 0 saturated heterocycles. The van der Waals surface area contributed by atoms with Gasteiger partial charge in [0.2, 0.25) is 0 Å². The number of hydrogen-bond acceptors (Lipinski definition) is 7. The molecule has 0 amide bonds. The van der Waals surface area contributed by atoms with Crippen molar-refractivity contribution in [3.63, 3.8) is 0 Å². The Morgan fingerprint density at radius 3 is 2.39 bits per heavy atom. The van der Waals surface area contributed by atoms with E-state index < -0.39 is 40.3 Å². The van der Waals surface area contributed by atoms with Crippen LogP contribution in [-0.4, -0.2) is 72.5 Å². The van der Waals surface area contributed by atoms with Gasteiger partial charge < -0.3 is 30.6 Å². The lowest BCUT2D eigenvalue weighted by atomic mass is 9.45. The second kappa shape index (κ2) is 9.42. The Kier molecular flexibility index (Phi) is 7.38. The molecule has 7 heteroatoms. The first-order valence-corrected chi connectivity index (χ1v) is 14.0. The van der Waals surface area contributed by atoms with Crippen molar-refractivity contribution in [2.24, 2.45) is 40.4 Å². The van der Waals surface area contributed by atoms with Gasteiger partial charge in [-0.2, -0.15) is 0 Å². The third-order valence-corrected chi connectivity index (χ3v) is 11.5. The average molecular weight is 509 g/mol. The number of carbonyl (C=O) groups excluding carboxylic acids is 1. The van der Waals surface area contributed by atoms with Crippen LogP contribution in [0.3, 0.4) is 0 Å². The van der Waals surface area contributed by atoms with Crippen molar-refractivity contribution in [3.05, 3.63) is 11.6 Å². The highest BCUT2D eigenvalue weighted by Gasteiger charge is 2.69. The van der Waals surface area contributed by atoms with E-state index >= 15 is 0 Å². The van der Waals surface area contributed by atoms with Gasteiger partial charge in [-0.05, 0) is 99.0 Å². The van der Waals surface area contributed by atoms with Crippen LogP contribution >= 0.6 is 0 Å². The zero-order valence-corrected chi connectivity index (χ0v) is 22.7. The summed E-state index contributed by atoms with van der Waals surface area (Å²) >= 11 is 0. The summed E-state index contributed by atoms with van der Waals surface area (Å²) in [7, 11) is 0. The van der Waals surface area contributed by atoms with Gasteiger partial charge in [0.25, 0.3) is 0 Å². The van der Waals surface area contributed by atoms with Crippen LogP contribution < -0.4 is 0 Å². The van der Waals surface area contributed by atoms with Crippen LogP contribution in [0, 0.1) is 40.4 Å². The number of hydrogen-bond donors (Lipinski definition) is 6. The van der Waals surface area contributed by atoms with Gasteiger partial charge in [-0.3, -0.25) is 4.79 Å². The van der Waals surface area contributed by atoms with Gasteiger partial charge in [0.05, 0.1) is 29.5 Å². The molecular weight excluding hydrogens is 460 g/mol. The van der Waals surface area contributed by atoms with Gasteiger partial charge in [-0.1, -0.05) is 27.7 Å². The van der Waals surface area contributed by atoms with Crippen LogP contribution in [-0.2, 0) is 4.79 Å². The fraction of sp³-hybridized carbons (Fsp3) is 0.897. The van der Waals surface area contributed by atoms with Gasteiger partial charge in [0.1, 0.15) is 0 Å². The molecule has 4 aliphatic carbocycles. The quantitative estimate of drug-likeness (QED) is 0.310. The molecule has 7 nitrogen and oxygen atoms in total. The Labute approximate surface area is 215 Å². The Hall–Kier alpha value is -0.830. The Bertz CT molecular complexity index is 883. The molecule has 4 rings (SSSR count). The summed E-state index contributed by atoms with van der Waals surface area (Å²) in [5.41, 5.74) is -3.26. The second-order valence-electron chi connectivity index (χ2n) is 13.6. The lowest BCUT2D eigenvalue weighted by Crippen LogP contribution is -2.63. The molecule has 206 valence electrons. The van der Waals surface area contributed by atoms with E-state index in [1.54, 1.807) is 13.0 Å². The molecule has 0 heterocycles. The number of fused-ring (bicyclic) bond motifs is 5. The summed E-state index contributed by atoms with van der Waals surface area (Å²) in [5.74, 6) is -0.586. The molecule has 0 aliphatic heterocycles. The van der Waals surface area contributed by atoms with E-state index in [0.29, 0.717) is 38.5 Å². The second-order valence-corrected chi connectivity index (χ2v) is 13.6. The van der Waals surface area contributed by atoms with E-state index in [2.05, 4.69) is 13.8 Å². The highest BCUT2D eigenvalue weighted by atomic mass is 16.3. The molecule has 2 unspecified atom stereocenters. The highest BCUT2D eigenvalue weighted by molar-refractivity contribution is 5.95. The molecule has 4 aliphatic rings. The first-order chi connectivity index (χ1) is 16.6. The van der Waals surface area contributed by atoms with Crippen LogP contribution in [0.15, 0.2) is 11.6 Å². The molecule has 3 saturated carbocycles. The molecule has 0 aromatic heterocycles. The predicted molar refractivity (Wildman–Crippen MR) is 136 cm³/mol. The lowest BCUT2D eigenvalue weighted by molar-refractivity contribution is -0.177. The molecule has 3 fully saturated rings. The molecular formula is C29H48O7. The summed E-state index contributed by atoms with van der Waals surface area (Å²) in [4.78, 5) is 13.3. The SMILES string of the molecule is CC(C)[C@@H](CCO)C[C@@H](O)[C@@](C)(O)[C@H]1CC[C@@]2(O)C3=CC(=O)C4C[C@@H](O)[C@@H](O)C[C@]4(C)C3CC[C@]12C. The van der Waals surface area contributed by atoms with Crippen molar-refractivity contribution in [1.29, 1.82) is 0 Å². The Morgan fingerprint density at radius 2 is 1.78 bits per heavy atom. The van der Waals surface area contributed by atoms with Gasteiger partial charge in [0.15, 0.2) is 5.78 Å². The normalized spacial score (nSPS) is 45.8. The number of allylic oxidation sites excluding steroid dienone is 1. The minimum absolute atomic E-state index is 0.0354. The molecule has 11 atom stereocenters. The molecule has 0 radical (unpaired) electrons. The van der Waals surface area contributed by atoms with E-state index in [1.807, 2.05) is 13.8 Å². The molecule has 36 heavy (non-hydrogen) atoms. The lowest BCUT2D eigenvalue weighted by Gasteiger charge is -2.60. The monoisotopic (exact) mass is 508 g/mol. The molecule has 0 spiro atoms. The first-order valence-electron chi connectivity index (χ1n) is 14.0.